The Morgan fingerprint density at radius 1 is 1.14 bits per heavy atom. The first-order valence-electron chi connectivity index (χ1n) is 11.9. The lowest BCUT2D eigenvalue weighted by atomic mass is 10.1. The number of thiophene rings is 1. The third kappa shape index (κ3) is 5.41. The van der Waals surface area contributed by atoms with Gasteiger partial charge >= 0.3 is 5.97 Å². The maximum atomic E-state index is 13.7. The molecule has 1 amide bonds. The summed E-state index contributed by atoms with van der Waals surface area (Å²) >= 11 is 1.39. The van der Waals surface area contributed by atoms with Crippen molar-refractivity contribution in [1.82, 2.24) is 9.47 Å². The van der Waals surface area contributed by atoms with Gasteiger partial charge in [-0.2, -0.15) is 0 Å². The number of hydrogen-bond donors (Lipinski definition) is 0. The van der Waals surface area contributed by atoms with Gasteiger partial charge in [-0.1, -0.05) is 43.5 Å². The Kier molecular flexibility index (Phi) is 8.03. The van der Waals surface area contributed by atoms with E-state index in [1.165, 1.54) is 28.0 Å². The Morgan fingerprint density at radius 2 is 1.84 bits per heavy atom. The van der Waals surface area contributed by atoms with Gasteiger partial charge in [-0.3, -0.25) is 9.59 Å². The predicted octanol–water partition coefficient (Wildman–Crippen LogP) is 2.61. The minimum Gasteiger partial charge on any atom is -0.462 e. The van der Waals surface area contributed by atoms with Gasteiger partial charge in [0, 0.05) is 36.7 Å². The molecule has 0 aliphatic carbocycles. The van der Waals surface area contributed by atoms with Gasteiger partial charge in [-0.15, -0.1) is 11.3 Å². The van der Waals surface area contributed by atoms with Crippen LogP contribution in [0.1, 0.15) is 32.5 Å². The van der Waals surface area contributed by atoms with Crippen LogP contribution in [0.4, 0.5) is 10.1 Å². The number of carbonyl (C=O) groups excluding carboxylic acids is 2. The van der Waals surface area contributed by atoms with E-state index < -0.39 is 11.5 Å². The lowest BCUT2D eigenvalue weighted by Crippen LogP contribution is -2.54. The largest absolute Gasteiger partial charge is 0.462 e. The van der Waals surface area contributed by atoms with E-state index in [0.29, 0.717) is 52.9 Å². The molecule has 2 aromatic heterocycles. The molecule has 3 aromatic rings. The smallest absolute Gasteiger partial charge is 0.345 e. The van der Waals surface area contributed by atoms with Crippen LogP contribution in [-0.4, -0.2) is 54.1 Å². The molecule has 1 fully saturated rings. The molecule has 0 N–H and O–H groups in total. The van der Waals surface area contributed by atoms with Crippen molar-refractivity contribution in [1.29, 1.82) is 0 Å². The number of aromatic nitrogens is 1. The van der Waals surface area contributed by atoms with E-state index in [1.807, 2.05) is 16.3 Å². The first-order chi connectivity index (χ1) is 17.8. The van der Waals surface area contributed by atoms with E-state index in [9.17, 15) is 18.8 Å². The summed E-state index contributed by atoms with van der Waals surface area (Å²) in [6.07, 6.45) is 3.29. The number of rotatable bonds is 7. The molecule has 0 spiro atoms. The van der Waals surface area contributed by atoms with E-state index in [4.69, 9.17) is 4.74 Å². The second-order valence-electron chi connectivity index (χ2n) is 8.48. The van der Waals surface area contributed by atoms with Gasteiger partial charge in [0.2, 0.25) is 0 Å². The molecule has 0 bridgehead atoms. The van der Waals surface area contributed by atoms with Gasteiger partial charge in [-0.05, 0) is 36.1 Å². The Morgan fingerprint density at radius 3 is 2.43 bits per heavy atom. The zero-order valence-corrected chi connectivity index (χ0v) is 21.4. The van der Waals surface area contributed by atoms with Crippen molar-refractivity contribution in [2.24, 2.45) is 0 Å². The number of piperazine rings is 1. The molecule has 1 aliphatic heterocycles. The van der Waals surface area contributed by atoms with Crippen molar-refractivity contribution >= 4 is 41.6 Å². The van der Waals surface area contributed by atoms with E-state index in [0.717, 1.165) is 0 Å². The topological polar surface area (TPSA) is 71.9 Å². The Labute approximate surface area is 218 Å². The molecule has 9 heteroatoms. The fourth-order valence-electron chi connectivity index (χ4n) is 4.41. The average Bonchev–Trinajstić information content (AvgIpc) is 3.44. The molecule has 3 heterocycles. The van der Waals surface area contributed by atoms with Crippen LogP contribution in [0.3, 0.4) is 0 Å². The molecule has 192 valence electrons. The normalized spacial score (nSPS) is 14.1. The molecule has 1 aromatic carbocycles. The monoisotopic (exact) mass is 521 g/mol. The van der Waals surface area contributed by atoms with Crippen LogP contribution in [0.25, 0.3) is 12.7 Å². The SMILES string of the molecule is C=C/C=c1/c(N2CCN(C(=O)c3cccs3)CC2)c(C(=O)OCC)c(=O)n(Cc2ccc(F)cc2)c1=C. The summed E-state index contributed by atoms with van der Waals surface area (Å²) in [5, 5.41) is 2.83. The molecule has 4 rings (SSSR count). The first kappa shape index (κ1) is 26.1. The highest BCUT2D eigenvalue weighted by molar-refractivity contribution is 7.12. The lowest BCUT2D eigenvalue weighted by molar-refractivity contribution is 0.0523. The molecule has 0 atom stereocenters. The molecule has 0 saturated carbocycles. The zero-order valence-electron chi connectivity index (χ0n) is 20.6. The Balaban J connectivity index is 1.79. The molecule has 0 unspecified atom stereocenters. The van der Waals surface area contributed by atoms with Gasteiger partial charge in [0.1, 0.15) is 11.4 Å². The van der Waals surface area contributed by atoms with E-state index in [-0.39, 0.29) is 30.4 Å². The summed E-state index contributed by atoms with van der Waals surface area (Å²) in [5.74, 6) is -1.15. The number of pyridine rings is 1. The highest BCUT2D eigenvalue weighted by Crippen LogP contribution is 2.19. The van der Waals surface area contributed by atoms with Gasteiger partial charge in [-0.25, -0.2) is 9.18 Å². The third-order valence-corrected chi connectivity index (χ3v) is 7.08. The van der Waals surface area contributed by atoms with Gasteiger partial charge in [0.05, 0.1) is 23.7 Å². The minimum absolute atomic E-state index is 0.0364. The summed E-state index contributed by atoms with van der Waals surface area (Å²) < 4.78 is 20.1. The van der Waals surface area contributed by atoms with Crippen LogP contribution in [0.2, 0.25) is 0 Å². The molecule has 0 radical (unpaired) electrons. The molecule has 1 aliphatic rings. The number of halogens is 1. The summed E-state index contributed by atoms with van der Waals surface area (Å²) in [4.78, 5) is 44.1. The number of carbonyl (C=O) groups is 2. The molecule has 1 saturated heterocycles. The van der Waals surface area contributed by atoms with Gasteiger partial charge < -0.3 is 19.1 Å². The number of amides is 1. The first-order valence-corrected chi connectivity index (χ1v) is 12.8. The van der Waals surface area contributed by atoms with Crippen LogP contribution in [-0.2, 0) is 11.3 Å². The van der Waals surface area contributed by atoms with Crippen molar-refractivity contribution < 1.29 is 18.7 Å². The van der Waals surface area contributed by atoms with Gasteiger partial charge in [0.25, 0.3) is 11.5 Å². The molecule has 37 heavy (non-hydrogen) atoms. The van der Waals surface area contributed by atoms with Crippen LogP contribution in [0.5, 0.6) is 0 Å². The Bertz CT molecular complexity index is 1470. The summed E-state index contributed by atoms with van der Waals surface area (Å²) in [7, 11) is 0. The van der Waals surface area contributed by atoms with Crippen molar-refractivity contribution in [2.75, 3.05) is 37.7 Å². The lowest BCUT2D eigenvalue weighted by Gasteiger charge is -2.37. The van der Waals surface area contributed by atoms with Crippen molar-refractivity contribution in [3.8, 4) is 0 Å². The van der Waals surface area contributed by atoms with Crippen LogP contribution in [0.15, 0.2) is 59.2 Å². The minimum atomic E-state index is -0.730. The highest BCUT2D eigenvalue weighted by atomic mass is 32.1. The molecular weight excluding hydrogens is 493 g/mol. The number of ether oxygens (including phenoxy) is 1. The van der Waals surface area contributed by atoms with Crippen molar-refractivity contribution in [3.63, 3.8) is 0 Å². The zero-order chi connectivity index (χ0) is 26.5. The fourth-order valence-corrected chi connectivity index (χ4v) is 5.10. The summed E-state index contributed by atoms with van der Waals surface area (Å²) in [6, 6.07) is 9.44. The number of hydrogen-bond acceptors (Lipinski definition) is 6. The molecule has 7 nitrogen and oxygen atoms in total. The molecular formula is C28H28FN3O4S. The van der Waals surface area contributed by atoms with Crippen LogP contribution in [0, 0.1) is 5.82 Å². The predicted molar refractivity (Wildman–Crippen MR) is 144 cm³/mol. The van der Waals surface area contributed by atoms with Crippen LogP contribution >= 0.6 is 11.3 Å². The van der Waals surface area contributed by atoms with E-state index in [1.54, 1.807) is 42.2 Å². The fraction of sp³-hybridized carbons (Fsp3) is 0.250. The van der Waals surface area contributed by atoms with E-state index in [2.05, 4.69) is 13.2 Å². The average molecular weight is 522 g/mol. The van der Waals surface area contributed by atoms with Crippen molar-refractivity contribution in [3.05, 3.63) is 97.2 Å². The summed E-state index contributed by atoms with van der Waals surface area (Å²) in [6.45, 7) is 11.5. The maximum absolute atomic E-state index is 13.7. The van der Waals surface area contributed by atoms with Crippen LogP contribution < -0.4 is 21.0 Å². The summed E-state index contributed by atoms with van der Waals surface area (Å²) in [5.41, 5.74) is 0.469. The third-order valence-electron chi connectivity index (χ3n) is 6.22. The number of esters is 1. The number of nitrogens with zero attached hydrogens (tertiary/aromatic N) is 3. The second kappa shape index (κ2) is 11.4. The van der Waals surface area contributed by atoms with Crippen molar-refractivity contribution in [2.45, 2.75) is 13.5 Å². The standard InChI is InChI=1S/C28H28FN3O4S/c1-4-7-22-19(3)32(18-20-9-11-21(29)12-10-20)27(34)24(28(35)36-5-2)25(22)30-13-15-31(16-14-30)26(33)23-8-6-17-37-23/h4,6-12,17H,1,3,5,13-16,18H2,2H3/b22-7+. The Hall–Kier alpha value is -3.98. The second-order valence-corrected chi connectivity index (χ2v) is 9.43. The number of anilines is 1. The maximum Gasteiger partial charge on any atom is 0.345 e. The number of allylic oxidation sites excluding steroid dienone is 1. The number of benzene rings is 1. The van der Waals surface area contributed by atoms with Gasteiger partial charge in [0.15, 0.2) is 0 Å². The van der Waals surface area contributed by atoms with E-state index >= 15 is 0 Å². The highest BCUT2D eigenvalue weighted by Gasteiger charge is 2.29. The quantitative estimate of drug-likeness (QED) is 0.447.